The number of hydrogen-bond donors (Lipinski definition) is 2. The minimum absolute atomic E-state index is 0. The molecule has 2 aromatic heterocycles. The minimum atomic E-state index is -4.49. The number of benzene rings is 2. The zero-order valence-electron chi connectivity index (χ0n) is 24.0. The fourth-order valence-electron chi connectivity index (χ4n) is 2.86. The molecule has 0 fully saturated rings. The molecule has 0 saturated carbocycles. The summed E-state index contributed by atoms with van der Waals surface area (Å²) in [6, 6.07) is 7.18. The lowest BCUT2D eigenvalue weighted by molar-refractivity contribution is -0.138. The van der Waals surface area contributed by atoms with Crippen molar-refractivity contribution in [1.29, 1.82) is 0 Å². The lowest BCUT2D eigenvalue weighted by Crippen LogP contribution is -3.00. The second-order valence-electron chi connectivity index (χ2n) is 8.57. The van der Waals surface area contributed by atoms with E-state index in [1.165, 1.54) is 7.05 Å². The van der Waals surface area contributed by atoms with Gasteiger partial charge in [0.15, 0.2) is 17.0 Å². The molecule has 0 radical (unpaired) electrons. The van der Waals surface area contributed by atoms with Gasteiger partial charge in [0.05, 0.1) is 16.7 Å². The van der Waals surface area contributed by atoms with E-state index in [1.54, 1.807) is 0 Å². The summed E-state index contributed by atoms with van der Waals surface area (Å²) < 4.78 is 85.3. The van der Waals surface area contributed by atoms with Crippen LogP contribution in [-0.2, 0) is 17.1 Å². The zero-order chi connectivity index (χ0) is 37.3. The van der Waals surface area contributed by atoms with Crippen LogP contribution < -0.4 is 17.7 Å². The number of ether oxygens (including phenoxy) is 1. The van der Waals surface area contributed by atoms with Crippen LogP contribution in [0, 0.1) is 0 Å². The molecule has 0 saturated heterocycles. The minimum Gasteiger partial charge on any atom is -1.00 e. The van der Waals surface area contributed by atoms with Crippen LogP contribution in [0.5, 0.6) is 0 Å². The standard InChI is InChI=1S/C13H7Cl2F3N2O3S.C8H4ClF3O.C5H4Cl2N2O2S.CH4.ClH/c14-8-9(24-20-10(8)15)11(21)19-5-23-12(22)6-1-3-7(4-2-6)13(16,17)18;9-7(13)5-1-3-6(4-2-5)8(10,11)12;1-9(11)5(10)3-2(6)4(7)8-12-3;;/h1-4H,5H2,(H,19,21);1-4H;11H,1H3;1H4;1H/p-1. The van der Waals surface area contributed by atoms with Gasteiger partial charge < -0.3 is 22.5 Å². The van der Waals surface area contributed by atoms with E-state index in [0.29, 0.717) is 5.06 Å². The summed E-state index contributed by atoms with van der Waals surface area (Å²) in [7, 11) is 1.20. The smallest absolute Gasteiger partial charge is 0.416 e. The van der Waals surface area contributed by atoms with Crippen molar-refractivity contribution in [2.24, 2.45) is 0 Å². The number of alkyl halides is 6. The first-order valence-corrected chi connectivity index (χ1v) is 15.7. The van der Waals surface area contributed by atoms with Crippen LogP contribution in [0.1, 0.15) is 58.6 Å². The third-order valence-corrected chi connectivity index (χ3v) is 9.01. The van der Waals surface area contributed by atoms with E-state index in [0.717, 1.165) is 71.6 Å². The molecular weight excluding hydrogens is 867 g/mol. The predicted octanol–water partition coefficient (Wildman–Crippen LogP) is 6.65. The highest BCUT2D eigenvalue weighted by molar-refractivity contribution is 7.09. The number of rotatable bonds is 6. The summed E-state index contributed by atoms with van der Waals surface area (Å²) >= 11 is 29.1. The Kier molecular flexibility index (Phi) is 19.7. The fraction of sp³-hybridized carbons (Fsp3) is 0.185. The normalized spacial score (nSPS) is 10.5. The SMILES string of the molecule is C.CN(O)C(=O)c1snc(Cl)c1Cl.O=C(Cl)c1ccc(C(F)(F)F)cc1.O=C(OCNC(=O)c1snc(Cl)c1Cl)c1ccc(C(F)(F)F)cc1.[Cl-]. The molecule has 0 spiro atoms. The molecule has 2 N–H and O–H groups in total. The number of amides is 2. The first-order valence-electron chi connectivity index (χ1n) is 12.2. The zero-order valence-corrected chi connectivity index (χ0v) is 30.2. The monoisotopic (exact) mass is 883 g/mol. The average Bonchev–Trinajstić information content (AvgIpc) is 3.55. The van der Waals surface area contributed by atoms with Gasteiger partial charge >= 0.3 is 18.3 Å². The third-order valence-electron chi connectivity index (χ3n) is 5.21. The number of aromatic nitrogens is 2. The van der Waals surface area contributed by atoms with Crippen molar-refractivity contribution < 1.29 is 67.9 Å². The Morgan fingerprint density at radius 2 is 1.18 bits per heavy atom. The van der Waals surface area contributed by atoms with Gasteiger partial charge in [0.25, 0.3) is 17.1 Å². The van der Waals surface area contributed by atoms with Crippen LogP contribution in [0.2, 0.25) is 20.4 Å². The van der Waals surface area contributed by atoms with Crippen LogP contribution in [0.4, 0.5) is 26.3 Å². The van der Waals surface area contributed by atoms with Gasteiger partial charge in [-0.1, -0.05) is 53.8 Å². The fourth-order valence-corrected chi connectivity index (χ4v) is 5.29. The van der Waals surface area contributed by atoms with E-state index in [9.17, 15) is 45.5 Å². The van der Waals surface area contributed by atoms with Gasteiger partial charge in [0, 0.05) is 12.6 Å². The van der Waals surface area contributed by atoms with E-state index in [1.807, 2.05) is 0 Å². The van der Waals surface area contributed by atoms with Crippen molar-refractivity contribution in [2.75, 3.05) is 13.8 Å². The Morgan fingerprint density at radius 1 is 0.784 bits per heavy atom. The van der Waals surface area contributed by atoms with Gasteiger partial charge in [0.2, 0.25) is 0 Å². The van der Waals surface area contributed by atoms with E-state index in [-0.39, 0.29) is 61.1 Å². The van der Waals surface area contributed by atoms with Gasteiger partial charge in [-0.3, -0.25) is 19.6 Å². The van der Waals surface area contributed by atoms with Crippen molar-refractivity contribution >= 4 is 104 Å². The molecule has 280 valence electrons. The molecule has 0 atom stereocenters. The van der Waals surface area contributed by atoms with Crippen molar-refractivity contribution in [3.63, 3.8) is 0 Å². The van der Waals surface area contributed by atoms with Crippen molar-refractivity contribution in [2.45, 2.75) is 19.8 Å². The highest BCUT2D eigenvalue weighted by Crippen LogP contribution is 2.31. The van der Waals surface area contributed by atoms with E-state index < -0.39 is 53.2 Å². The van der Waals surface area contributed by atoms with Gasteiger partial charge in [-0.2, -0.15) is 35.1 Å². The first kappa shape index (κ1) is 48.1. The Labute approximate surface area is 323 Å². The average molecular weight is 886 g/mol. The number of halogens is 12. The Bertz CT molecular complexity index is 1790. The molecule has 0 bridgehead atoms. The largest absolute Gasteiger partial charge is 1.00 e. The van der Waals surface area contributed by atoms with Gasteiger partial charge in [-0.05, 0) is 83.2 Å². The summed E-state index contributed by atoms with van der Waals surface area (Å²) in [6.45, 7) is -0.495. The Morgan fingerprint density at radius 3 is 1.51 bits per heavy atom. The van der Waals surface area contributed by atoms with E-state index >= 15 is 0 Å². The van der Waals surface area contributed by atoms with Crippen LogP contribution in [-0.4, -0.2) is 55.8 Å². The molecule has 10 nitrogen and oxygen atoms in total. The highest BCUT2D eigenvalue weighted by Gasteiger charge is 2.31. The molecule has 2 amide bonds. The number of carbonyl (C=O) groups is 4. The molecule has 0 aliphatic heterocycles. The number of esters is 1. The number of nitrogens with zero attached hydrogens (tertiary/aromatic N) is 3. The van der Waals surface area contributed by atoms with Crippen LogP contribution in [0.25, 0.3) is 0 Å². The predicted molar refractivity (Wildman–Crippen MR) is 176 cm³/mol. The molecule has 4 aromatic rings. The molecule has 4 rings (SSSR count). The van der Waals surface area contributed by atoms with Crippen LogP contribution in [0.3, 0.4) is 0 Å². The molecule has 0 aliphatic rings. The second-order valence-corrected chi connectivity index (χ2v) is 11.9. The van der Waals surface area contributed by atoms with Crippen LogP contribution in [0.15, 0.2) is 48.5 Å². The molecule has 0 aliphatic carbocycles. The first-order chi connectivity index (χ1) is 22.6. The third kappa shape index (κ3) is 14.5. The summed E-state index contributed by atoms with van der Waals surface area (Å²) in [4.78, 5) is 45.2. The number of nitrogens with one attached hydrogen (secondary N) is 1. The van der Waals surface area contributed by atoms with Crippen LogP contribution >= 0.6 is 81.1 Å². The highest BCUT2D eigenvalue weighted by atomic mass is 35.5. The second kappa shape index (κ2) is 20.9. The molecular formula is C27H19Cl6F6N4O6S2-. The van der Waals surface area contributed by atoms with Crippen molar-refractivity contribution in [3.8, 4) is 0 Å². The molecule has 51 heavy (non-hydrogen) atoms. The van der Waals surface area contributed by atoms with Crippen molar-refractivity contribution in [3.05, 3.63) is 101 Å². The lowest BCUT2D eigenvalue weighted by atomic mass is 10.1. The quantitative estimate of drug-likeness (QED) is 0.0549. The number of carbonyl (C=O) groups excluding carboxylic acids is 4. The topological polar surface area (TPSA) is 139 Å². The maximum absolute atomic E-state index is 12.4. The van der Waals surface area contributed by atoms with Gasteiger partial charge in [-0.25, -0.2) is 9.86 Å². The van der Waals surface area contributed by atoms with E-state index in [4.69, 9.17) is 67.9 Å². The molecule has 0 unspecified atom stereocenters. The van der Waals surface area contributed by atoms with E-state index in [2.05, 4.69) is 14.1 Å². The molecule has 2 heterocycles. The molecule has 24 heteroatoms. The maximum atomic E-state index is 12.4. The Balaban J connectivity index is 0.000000788. The Hall–Kier alpha value is -2.94. The number of hydrogen-bond acceptors (Lipinski definition) is 10. The van der Waals surface area contributed by atoms with Crippen molar-refractivity contribution in [1.82, 2.24) is 19.1 Å². The lowest BCUT2D eigenvalue weighted by Gasteiger charge is -2.08. The van der Waals surface area contributed by atoms with Gasteiger partial charge in [0.1, 0.15) is 19.8 Å². The number of hydroxylamine groups is 2. The maximum Gasteiger partial charge on any atom is 0.416 e. The summed E-state index contributed by atoms with van der Waals surface area (Å²) in [5, 5.41) is 10.8. The summed E-state index contributed by atoms with van der Waals surface area (Å²) in [5.41, 5.74) is -1.72. The molecule has 2 aromatic carbocycles. The van der Waals surface area contributed by atoms with Gasteiger partial charge in [-0.15, -0.1) is 0 Å². The summed E-state index contributed by atoms with van der Waals surface area (Å²) in [6.07, 6.45) is -8.88. The summed E-state index contributed by atoms with van der Waals surface area (Å²) in [5.74, 6) is -2.16.